The molecule has 6 aromatic carbocycles. The number of fused-ring (bicyclic) bond motifs is 30. The van der Waals surface area contributed by atoms with Gasteiger partial charge in [0.1, 0.15) is 69.2 Å². The first-order valence-corrected chi connectivity index (χ1v) is 54.4. The third kappa shape index (κ3) is 12.2. The minimum atomic E-state index is -4.50. The Morgan fingerprint density at radius 1 is 0.222 bits per heavy atom. The average Bonchev–Trinajstić information content (AvgIpc) is 1.04. The Hall–Kier alpha value is -7.17. The normalized spacial score (nSPS) is 40.1. The quantitative estimate of drug-likeness (QED) is 0.105. The van der Waals surface area contributed by atoms with E-state index in [1.54, 1.807) is 0 Å². The summed E-state index contributed by atoms with van der Waals surface area (Å²) in [6.45, 7) is 13.5. The topological polar surface area (TPSA) is 195 Å². The molecule has 0 bridgehead atoms. The molecule has 660 valence electrons. The summed E-state index contributed by atoms with van der Waals surface area (Å²) in [5.74, 6) is 12.3. The van der Waals surface area contributed by atoms with Gasteiger partial charge in [0, 0.05) is 71.0 Å². The maximum absolute atomic E-state index is 13.8. The predicted molar refractivity (Wildman–Crippen MR) is 488 cm³/mol. The fourth-order valence-electron chi connectivity index (χ4n) is 33.9. The van der Waals surface area contributed by atoms with Crippen LogP contribution in [0.2, 0.25) is 0 Å². The smallest absolute Gasteiger partial charge is 0.413 e. The van der Waals surface area contributed by atoms with Crippen molar-refractivity contribution in [2.45, 2.75) is 308 Å². The van der Waals surface area contributed by atoms with Crippen molar-refractivity contribution >= 4 is 57.7 Å². The van der Waals surface area contributed by atoms with Crippen molar-refractivity contribution in [1.82, 2.24) is 0 Å². The van der Waals surface area contributed by atoms with E-state index in [9.17, 15) is 28.8 Å². The van der Waals surface area contributed by atoms with Gasteiger partial charge in [0.15, 0.2) is 0 Å². The van der Waals surface area contributed by atoms with Crippen molar-refractivity contribution in [2.75, 3.05) is 0 Å². The molecule has 1 aliphatic heterocycles. The molecule has 25 rings (SSSR count). The molecular weight excluding hydrogens is 1620 g/mol. The predicted octanol–water partition coefficient (Wildman–Crippen LogP) is 26.9. The molecular formula is C108H126N3O12P3. The van der Waals surface area contributed by atoms with Gasteiger partial charge in [-0.25, -0.2) is 0 Å². The molecule has 0 N–H and O–H groups in total. The summed E-state index contributed by atoms with van der Waals surface area (Å²) in [7, 11) is -13.5. The standard InChI is InChI=1S/C108H126N3O12P3/c1-103-49-43-79-73-25-13-67(55-61(73)7-19-85(79)91(103)31-37-97(103)112)118-124(119-68-14-26-74-62(56-68)8-20-86-80(74)44-50-104(2)92(86)32-38-98(104)113)109-125(120-69-15-27-75-63(57-69)9-21-87-81(75)45-51-105(3)93(87)33-39-99(105)114,121-70-16-28-76-64(58-70)10-22-88-82(76)46-52-106(4)94(88)34-40-100(106)115)111-126(110-124,122-71-17-29-77-65(59-71)11-23-89-83(77)47-53-107(5)95(89)35-41-101(107)116)123-72-18-30-78-66(60-72)12-24-90-84(78)48-54-108(6)96(90)36-42-102(108)117/h13-18,25-30,55-60,79-96H,7-12,19-24,31-54H2,1-6H3/t79-,80-,81-,82-,83-,84-,85-,86-,87-,88-,89-,90-,91+,92+,93+,94+,95+,96+,103+,104+,105+,106+,107+,108+/m1/s1. The van der Waals surface area contributed by atoms with Gasteiger partial charge in [-0.1, -0.05) is 91.5 Å². The highest BCUT2D eigenvalue weighted by Gasteiger charge is 2.63. The minimum absolute atomic E-state index is 0.274. The zero-order valence-electron chi connectivity index (χ0n) is 74.8. The second kappa shape index (κ2) is 28.9. The molecule has 0 saturated heterocycles. The number of hydrogen-bond acceptors (Lipinski definition) is 15. The Morgan fingerprint density at radius 2 is 0.381 bits per heavy atom. The molecule has 12 saturated carbocycles. The van der Waals surface area contributed by atoms with Gasteiger partial charge in [-0.05, 0) is 439 Å². The van der Waals surface area contributed by atoms with Gasteiger partial charge in [-0.2, -0.15) is 0 Å². The summed E-state index contributed by atoms with van der Waals surface area (Å²) >= 11 is 0. The van der Waals surface area contributed by atoms with Gasteiger partial charge in [-0.15, -0.1) is 0 Å². The highest BCUT2D eigenvalue weighted by Crippen LogP contribution is 2.80. The van der Waals surface area contributed by atoms with Crippen LogP contribution in [0.1, 0.15) is 336 Å². The van der Waals surface area contributed by atoms with Crippen molar-refractivity contribution in [1.29, 1.82) is 0 Å². The maximum atomic E-state index is 13.8. The van der Waals surface area contributed by atoms with Crippen molar-refractivity contribution < 1.29 is 55.9 Å². The second-order valence-corrected chi connectivity index (χ2v) is 51.6. The number of aryl methyl sites for hydroxylation is 6. The molecule has 12 fully saturated rings. The summed E-state index contributed by atoms with van der Waals surface area (Å²) in [5, 5.41) is 0. The Bertz CT molecular complexity index is 5000. The largest absolute Gasteiger partial charge is 0.460 e. The molecule has 0 aromatic heterocycles. The van der Waals surface area contributed by atoms with Crippen LogP contribution < -0.4 is 27.1 Å². The van der Waals surface area contributed by atoms with Gasteiger partial charge >= 0.3 is 23.0 Å². The molecule has 0 amide bonds. The van der Waals surface area contributed by atoms with E-state index >= 15 is 0 Å². The van der Waals surface area contributed by atoms with Crippen LogP contribution in [0.3, 0.4) is 0 Å². The lowest BCUT2D eigenvalue weighted by Crippen LogP contribution is -2.42. The van der Waals surface area contributed by atoms with Gasteiger partial charge in [-0.3, -0.25) is 28.8 Å². The molecule has 24 atom stereocenters. The molecule has 18 aliphatic carbocycles. The average molecular weight is 1750 g/mol. The fourth-order valence-corrected chi connectivity index (χ4v) is 42.9. The maximum Gasteiger partial charge on any atom is 0.460 e. The van der Waals surface area contributed by atoms with Crippen LogP contribution in [0.4, 0.5) is 0 Å². The minimum Gasteiger partial charge on any atom is -0.413 e. The number of benzene rings is 6. The van der Waals surface area contributed by atoms with E-state index in [0.29, 0.717) is 214 Å². The number of Topliss-reactive ketones (excluding diaryl/α,β-unsaturated/α-hetero) is 6. The molecule has 0 radical (unpaired) electrons. The molecule has 6 aromatic rings. The summed E-state index contributed by atoms with van der Waals surface area (Å²) in [6, 6.07) is 39.9. The van der Waals surface area contributed by atoms with Crippen molar-refractivity contribution in [2.24, 2.45) is 117 Å². The van der Waals surface area contributed by atoms with Crippen molar-refractivity contribution in [3.63, 3.8) is 0 Å². The zero-order valence-corrected chi connectivity index (χ0v) is 77.5. The van der Waals surface area contributed by atoms with Gasteiger partial charge in [0.2, 0.25) is 0 Å². The lowest BCUT2D eigenvalue weighted by Gasteiger charge is -2.48. The lowest BCUT2D eigenvalue weighted by atomic mass is 9.55. The monoisotopic (exact) mass is 1750 g/mol. The Kier molecular flexibility index (Phi) is 18.6. The van der Waals surface area contributed by atoms with Crippen LogP contribution in [0.15, 0.2) is 123 Å². The first kappa shape index (κ1) is 80.9. The molecule has 19 aliphatic rings. The molecule has 15 nitrogen and oxygen atoms in total. The molecule has 0 unspecified atom stereocenters. The van der Waals surface area contributed by atoms with Gasteiger partial charge in [0.05, 0.1) is 0 Å². The SMILES string of the molecule is C[C@]12CC[C@@H]3c4ccc(OP5(Oc6ccc7c(c6)CC[C@@H]6[C@@H]7CC[C@]7(C)C(=O)CC[C@@H]67)=NP(Oc6ccc7c(c6)CC[C@@H]6[C@@H]7CC[C@]7(C)C(=O)CC[C@@H]67)(Oc6ccc7c(c6)CC[C@@H]6[C@@H]7CC[C@]7(C)C(=O)CC[C@@H]67)=NP(Oc6ccc7c(c6)CC[C@@H]6[C@@H]7CC[C@]7(C)C(=O)CC[C@@H]67)(Oc6ccc7c(c6)CC[C@@H]6[C@@H]7CC[C@]7(C)C(=O)CC[C@@H]67)=N5)cc4CC[C@H]3[C@@H]1CCC2=O. The van der Waals surface area contributed by atoms with E-state index in [1.807, 2.05) is 0 Å². The van der Waals surface area contributed by atoms with Crippen molar-refractivity contribution in [3.05, 3.63) is 176 Å². The van der Waals surface area contributed by atoms with Gasteiger partial charge < -0.3 is 27.1 Å². The number of ketones is 6. The third-order valence-corrected chi connectivity index (χ3v) is 48.6. The summed E-state index contributed by atoms with van der Waals surface area (Å²) in [6.07, 6.45) is 31.6. The van der Waals surface area contributed by atoms with E-state index in [2.05, 4.69) is 151 Å². The fraction of sp³-hybridized carbons (Fsp3) is 0.611. The second-order valence-electron chi connectivity index (χ2n) is 45.5. The third-order valence-electron chi connectivity index (χ3n) is 40.5. The highest BCUT2D eigenvalue weighted by atomic mass is 31.3. The molecule has 126 heavy (non-hydrogen) atoms. The van der Waals surface area contributed by atoms with E-state index in [1.165, 1.54) is 66.8 Å². The molecule has 0 spiro atoms. The summed E-state index contributed by atoms with van der Waals surface area (Å²) in [4.78, 5) is 82.8. The Balaban J connectivity index is 0.699. The van der Waals surface area contributed by atoms with Gasteiger partial charge in [0.25, 0.3) is 0 Å². The Morgan fingerprint density at radius 3 is 0.540 bits per heavy atom. The zero-order chi connectivity index (χ0) is 85.3. The summed E-state index contributed by atoms with van der Waals surface area (Å²) in [5.41, 5.74) is 13.6. The lowest BCUT2D eigenvalue weighted by molar-refractivity contribution is -0.130. The first-order valence-electron chi connectivity index (χ1n) is 49.8. The van der Waals surface area contributed by atoms with E-state index in [-0.39, 0.29) is 32.5 Å². The van der Waals surface area contributed by atoms with Crippen molar-refractivity contribution in [3.8, 4) is 34.5 Å². The number of hydrogen-bond donors (Lipinski definition) is 0. The number of rotatable bonds is 12. The number of carbonyl (C=O) groups excluding carboxylic acids is 6. The number of nitrogens with zero attached hydrogens (tertiary/aromatic N) is 3. The summed E-state index contributed by atoms with van der Waals surface area (Å²) < 4.78 is 67.6. The van der Waals surface area contributed by atoms with E-state index in [0.717, 1.165) is 193 Å². The van der Waals surface area contributed by atoms with Crippen LogP contribution in [0.25, 0.3) is 0 Å². The Labute approximate surface area is 744 Å². The van der Waals surface area contributed by atoms with E-state index < -0.39 is 23.0 Å². The van der Waals surface area contributed by atoms with Crippen LogP contribution in [0, 0.1) is 104 Å². The molecule has 18 heteroatoms. The van der Waals surface area contributed by atoms with Crippen LogP contribution in [0.5, 0.6) is 34.5 Å². The first-order chi connectivity index (χ1) is 60.8. The van der Waals surface area contributed by atoms with Crippen LogP contribution >= 0.6 is 23.0 Å². The van der Waals surface area contributed by atoms with E-state index in [4.69, 9.17) is 40.7 Å². The van der Waals surface area contributed by atoms with Crippen LogP contribution in [-0.4, -0.2) is 34.7 Å². The highest BCUT2D eigenvalue weighted by molar-refractivity contribution is 7.79. The molecule has 1 heterocycles. The van der Waals surface area contributed by atoms with Crippen LogP contribution in [-0.2, 0) is 67.3 Å². The number of carbonyl (C=O) groups is 6.